The fraction of sp³-hybridized carbons (Fsp3) is 0.538. The molecule has 2 N–H and O–H groups in total. The van der Waals surface area contributed by atoms with Gasteiger partial charge in [0.2, 0.25) is 0 Å². The Morgan fingerprint density at radius 2 is 1.50 bits per heavy atom. The van der Waals surface area contributed by atoms with E-state index in [1.807, 2.05) is 0 Å². The molecule has 1 nitrogen and oxygen atoms in total. The number of hydrogen-bond acceptors (Lipinski definition) is 1. The Morgan fingerprint density at radius 1 is 1.00 bits per heavy atom. The van der Waals surface area contributed by atoms with Crippen LogP contribution in [0.1, 0.15) is 43.7 Å². The summed E-state index contributed by atoms with van der Waals surface area (Å²) in [5.74, 6) is -2.56. The van der Waals surface area contributed by atoms with E-state index < -0.39 is 23.5 Å². The van der Waals surface area contributed by atoms with Gasteiger partial charge in [0, 0.05) is 23.7 Å². The molecule has 0 heterocycles. The quantitative estimate of drug-likeness (QED) is 0.866. The summed E-state index contributed by atoms with van der Waals surface area (Å²) >= 11 is 0. The van der Waals surface area contributed by atoms with Gasteiger partial charge in [-0.1, -0.05) is 19.3 Å². The first-order chi connectivity index (χ1) is 8.09. The maximum Gasteiger partial charge on any atom is 0.133 e. The second-order valence-electron chi connectivity index (χ2n) is 4.71. The molecule has 1 aliphatic rings. The van der Waals surface area contributed by atoms with Gasteiger partial charge in [-0.2, -0.15) is 0 Å². The molecule has 1 fully saturated rings. The molecule has 1 saturated carbocycles. The topological polar surface area (TPSA) is 26.0 Å². The first kappa shape index (κ1) is 15.3. The lowest BCUT2D eigenvalue weighted by molar-refractivity contribution is 0.297. The molecule has 102 valence electrons. The van der Waals surface area contributed by atoms with Gasteiger partial charge in [-0.3, -0.25) is 0 Å². The number of rotatable bonds is 2. The van der Waals surface area contributed by atoms with E-state index in [2.05, 4.69) is 0 Å². The summed E-state index contributed by atoms with van der Waals surface area (Å²) < 4.78 is 39.9. The highest BCUT2D eigenvalue weighted by atomic mass is 35.5. The largest absolute Gasteiger partial charge is 0.324 e. The average Bonchev–Trinajstić information content (AvgIpc) is 2.28. The number of benzene rings is 1. The van der Waals surface area contributed by atoms with Crippen molar-refractivity contribution in [2.24, 2.45) is 11.7 Å². The summed E-state index contributed by atoms with van der Waals surface area (Å²) in [4.78, 5) is 0. The number of hydrogen-bond donors (Lipinski definition) is 1. The third-order valence-electron chi connectivity index (χ3n) is 3.53. The van der Waals surface area contributed by atoms with Crippen LogP contribution in [0.3, 0.4) is 0 Å². The minimum atomic E-state index is -0.903. The molecule has 1 aromatic rings. The fourth-order valence-electron chi connectivity index (χ4n) is 2.60. The lowest BCUT2D eigenvalue weighted by Gasteiger charge is -2.28. The summed E-state index contributed by atoms with van der Waals surface area (Å²) in [6.07, 6.45) is 5.01. The molecule has 0 aliphatic heterocycles. The van der Waals surface area contributed by atoms with Crippen molar-refractivity contribution in [1.29, 1.82) is 0 Å². The summed E-state index contributed by atoms with van der Waals surface area (Å²) in [7, 11) is 0. The van der Waals surface area contributed by atoms with Crippen molar-refractivity contribution in [3.8, 4) is 0 Å². The molecule has 1 aliphatic carbocycles. The monoisotopic (exact) mass is 279 g/mol. The summed E-state index contributed by atoms with van der Waals surface area (Å²) in [5, 5.41) is 0. The number of halogens is 4. The van der Waals surface area contributed by atoms with Crippen molar-refractivity contribution < 1.29 is 13.2 Å². The van der Waals surface area contributed by atoms with Crippen LogP contribution >= 0.6 is 12.4 Å². The summed E-state index contributed by atoms with van der Waals surface area (Å²) in [6.45, 7) is 0. The van der Waals surface area contributed by atoms with Crippen LogP contribution in [-0.2, 0) is 0 Å². The van der Waals surface area contributed by atoms with Crippen LogP contribution in [0.15, 0.2) is 12.1 Å². The van der Waals surface area contributed by atoms with Crippen molar-refractivity contribution in [3.63, 3.8) is 0 Å². The first-order valence-electron chi connectivity index (χ1n) is 5.99. The molecule has 0 aromatic heterocycles. The van der Waals surface area contributed by atoms with Crippen molar-refractivity contribution in [1.82, 2.24) is 0 Å². The van der Waals surface area contributed by atoms with Crippen molar-refractivity contribution >= 4 is 12.4 Å². The van der Waals surface area contributed by atoms with E-state index in [1.165, 1.54) is 0 Å². The molecule has 1 atom stereocenters. The van der Waals surface area contributed by atoms with Gasteiger partial charge in [-0.15, -0.1) is 12.4 Å². The van der Waals surface area contributed by atoms with E-state index in [-0.39, 0.29) is 23.9 Å². The SMILES string of the molecule is Cl.N[C@@H](c1c(F)cc(F)cc1F)C1CCCCC1. The van der Waals surface area contributed by atoms with Gasteiger partial charge in [-0.25, -0.2) is 13.2 Å². The number of nitrogens with two attached hydrogens (primary N) is 1. The smallest absolute Gasteiger partial charge is 0.133 e. The second kappa shape index (κ2) is 6.43. The maximum atomic E-state index is 13.6. The normalized spacial score (nSPS) is 18.2. The zero-order valence-corrected chi connectivity index (χ0v) is 10.8. The van der Waals surface area contributed by atoms with E-state index >= 15 is 0 Å². The van der Waals surface area contributed by atoms with Gasteiger partial charge in [0.05, 0.1) is 0 Å². The molecule has 1 aromatic carbocycles. The Labute approximate surface area is 111 Å². The Bertz CT molecular complexity index is 382. The molecule has 2 rings (SSSR count). The van der Waals surface area contributed by atoms with Crippen LogP contribution in [0.4, 0.5) is 13.2 Å². The lowest BCUT2D eigenvalue weighted by atomic mass is 9.81. The average molecular weight is 280 g/mol. The molecule has 0 amide bonds. The van der Waals surface area contributed by atoms with E-state index in [9.17, 15) is 13.2 Å². The van der Waals surface area contributed by atoms with Crippen molar-refractivity contribution in [2.75, 3.05) is 0 Å². The van der Waals surface area contributed by atoms with Crippen molar-refractivity contribution in [3.05, 3.63) is 35.1 Å². The molecular formula is C13H17ClF3N. The minimum Gasteiger partial charge on any atom is -0.324 e. The Morgan fingerprint density at radius 3 is 2.00 bits per heavy atom. The lowest BCUT2D eigenvalue weighted by Crippen LogP contribution is -2.25. The highest BCUT2D eigenvalue weighted by Gasteiger charge is 2.27. The van der Waals surface area contributed by atoms with E-state index in [1.54, 1.807) is 0 Å². The van der Waals surface area contributed by atoms with Crippen LogP contribution in [-0.4, -0.2) is 0 Å². The summed E-state index contributed by atoms with van der Waals surface area (Å²) in [5.41, 5.74) is 5.75. The van der Waals surface area contributed by atoms with Crippen LogP contribution in [0.5, 0.6) is 0 Å². The van der Waals surface area contributed by atoms with Crippen LogP contribution in [0.25, 0.3) is 0 Å². The second-order valence-corrected chi connectivity index (χ2v) is 4.71. The van der Waals surface area contributed by atoms with Gasteiger partial charge < -0.3 is 5.73 Å². The summed E-state index contributed by atoms with van der Waals surface area (Å²) in [6, 6.07) is 0.721. The standard InChI is InChI=1S/C13H16F3N.ClH/c14-9-6-10(15)12(11(16)7-9)13(17)8-4-2-1-3-5-8;/h6-8,13H,1-5,17H2;1H/t13-;/m1./s1. The highest BCUT2D eigenvalue weighted by molar-refractivity contribution is 5.85. The van der Waals surface area contributed by atoms with Crippen molar-refractivity contribution in [2.45, 2.75) is 38.1 Å². The van der Waals surface area contributed by atoms with Gasteiger partial charge in [0.15, 0.2) is 0 Å². The molecule has 0 unspecified atom stereocenters. The Balaban J connectivity index is 0.00000162. The van der Waals surface area contributed by atoms with Crippen LogP contribution in [0, 0.1) is 23.4 Å². The predicted octanol–water partition coefficient (Wildman–Crippen LogP) is 4.11. The fourth-order valence-corrected chi connectivity index (χ4v) is 2.60. The molecule has 5 heteroatoms. The van der Waals surface area contributed by atoms with Gasteiger partial charge in [0.25, 0.3) is 0 Å². The first-order valence-corrected chi connectivity index (χ1v) is 5.99. The van der Waals surface area contributed by atoms with Gasteiger partial charge in [-0.05, 0) is 18.8 Å². The molecule has 0 spiro atoms. The molecule has 18 heavy (non-hydrogen) atoms. The zero-order valence-electron chi connectivity index (χ0n) is 9.96. The minimum absolute atomic E-state index is 0. The van der Waals surface area contributed by atoms with Crippen LogP contribution in [0.2, 0.25) is 0 Å². The highest BCUT2D eigenvalue weighted by Crippen LogP contribution is 2.35. The van der Waals surface area contributed by atoms with E-state index in [0.717, 1.165) is 32.1 Å². The molecule has 0 saturated heterocycles. The maximum absolute atomic E-state index is 13.6. The Kier molecular flexibility index (Phi) is 5.47. The zero-order chi connectivity index (χ0) is 12.4. The van der Waals surface area contributed by atoms with E-state index in [0.29, 0.717) is 12.1 Å². The van der Waals surface area contributed by atoms with Crippen LogP contribution < -0.4 is 5.73 Å². The van der Waals surface area contributed by atoms with Gasteiger partial charge in [0.1, 0.15) is 17.5 Å². The molecular weight excluding hydrogens is 263 g/mol. The predicted molar refractivity (Wildman–Crippen MR) is 67.1 cm³/mol. The van der Waals surface area contributed by atoms with Gasteiger partial charge >= 0.3 is 0 Å². The third-order valence-corrected chi connectivity index (χ3v) is 3.53. The molecule has 0 radical (unpaired) electrons. The van der Waals surface area contributed by atoms with E-state index in [4.69, 9.17) is 5.73 Å². The Hall–Kier alpha value is -0.740. The third kappa shape index (κ3) is 3.18. The molecule has 0 bridgehead atoms.